The molecular formula is C38H23F2N. The SMILES string of the molecule is Fc1ccc(N(c2ccc(F)cc2)c2ccc(-c3ccc4c5cccc6cccc(c7cccc3c74)c65)cc2)cc1. The van der Waals surface area contributed by atoms with E-state index in [0.717, 1.165) is 22.6 Å². The summed E-state index contributed by atoms with van der Waals surface area (Å²) in [5.41, 5.74) is 4.75. The normalized spacial score (nSPS) is 11.7. The standard InChI is InChI=1S/C38H23F2N/c39-26-12-18-29(19-13-26)41(30-20-14-27(40)15-21-30)28-16-10-24(11-17-28)31-22-23-36-34-7-2-5-25-4-1-6-33(37(25)34)35-9-3-8-32(31)38(35)36/h1-23H. The molecule has 0 amide bonds. The van der Waals surface area contributed by atoms with Crippen molar-refractivity contribution in [2.24, 2.45) is 0 Å². The fourth-order valence-corrected chi connectivity index (χ4v) is 6.31. The Kier molecular flexibility index (Phi) is 5.26. The van der Waals surface area contributed by atoms with Crippen LogP contribution in [0.25, 0.3) is 54.2 Å². The molecule has 194 valence electrons. The summed E-state index contributed by atoms with van der Waals surface area (Å²) < 4.78 is 27.5. The number of anilines is 3. The van der Waals surface area contributed by atoms with Gasteiger partial charge in [-0.2, -0.15) is 0 Å². The van der Waals surface area contributed by atoms with Gasteiger partial charge in [-0.1, -0.05) is 78.9 Å². The largest absolute Gasteiger partial charge is 0.310 e. The molecule has 0 aliphatic carbocycles. The molecule has 8 aromatic carbocycles. The first-order valence-electron chi connectivity index (χ1n) is 13.7. The fourth-order valence-electron chi connectivity index (χ4n) is 6.31. The summed E-state index contributed by atoms with van der Waals surface area (Å²) in [6, 6.07) is 45.2. The van der Waals surface area contributed by atoms with Crippen LogP contribution in [0.4, 0.5) is 25.8 Å². The van der Waals surface area contributed by atoms with Gasteiger partial charge in [0.15, 0.2) is 0 Å². The second-order valence-corrected chi connectivity index (χ2v) is 10.4. The summed E-state index contributed by atoms with van der Waals surface area (Å²) in [5, 5.41) is 10.1. The summed E-state index contributed by atoms with van der Waals surface area (Å²) in [5.74, 6) is -0.602. The van der Waals surface area contributed by atoms with E-state index in [-0.39, 0.29) is 11.6 Å². The molecule has 0 N–H and O–H groups in total. The molecule has 0 aliphatic heterocycles. The molecule has 0 unspecified atom stereocenters. The maximum atomic E-state index is 13.7. The van der Waals surface area contributed by atoms with Crippen LogP contribution in [0.15, 0.2) is 140 Å². The van der Waals surface area contributed by atoms with E-state index in [1.54, 1.807) is 24.3 Å². The number of nitrogens with zero attached hydrogens (tertiary/aromatic N) is 1. The molecule has 8 rings (SSSR count). The molecule has 1 nitrogen and oxygen atoms in total. The summed E-state index contributed by atoms with van der Waals surface area (Å²) in [7, 11) is 0. The highest BCUT2D eigenvalue weighted by atomic mass is 19.1. The Morgan fingerprint density at radius 1 is 0.366 bits per heavy atom. The second-order valence-electron chi connectivity index (χ2n) is 10.4. The molecule has 41 heavy (non-hydrogen) atoms. The minimum Gasteiger partial charge on any atom is -0.310 e. The molecule has 0 radical (unpaired) electrons. The van der Waals surface area contributed by atoms with Crippen LogP contribution in [0.2, 0.25) is 0 Å². The molecule has 0 aliphatic rings. The maximum Gasteiger partial charge on any atom is 0.123 e. The molecule has 0 spiro atoms. The molecule has 0 aromatic heterocycles. The van der Waals surface area contributed by atoms with Crippen LogP contribution >= 0.6 is 0 Å². The van der Waals surface area contributed by atoms with Crippen LogP contribution in [-0.4, -0.2) is 0 Å². The van der Waals surface area contributed by atoms with Gasteiger partial charge in [0.1, 0.15) is 11.6 Å². The number of hydrogen-bond acceptors (Lipinski definition) is 1. The third-order valence-corrected chi connectivity index (χ3v) is 8.13. The van der Waals surface area contributed by atoms with E-state index in [1.165, 1.54) is 72.9 Å². The quantitative estimate of drug-likeness (QED) is 0.161. The summed E-state index contributed by atoms with van der Waals surface area (Å²) in [6.45, 7) is 0. The van der Waals surface area contributed by atoms with E-state index in [4.69, 9.17) is 0 Å². The molecule has 0 atom stereocenters. The Balaban J connectivity index is 1.29. The van der Waals surface area contributed by atoms with Gasteiger partial charge < -0.3 is 4.90 Å². The molecule has 0 bridgehead atoms. The predicted molar refractivity (Wildman–Crippen MR) is 168 cm³/mol. The lowest BCUT2D eigenvalue weighted by atomic mass is 9.87. The van der Waals surface area contributed by atoms with Gasteiger partial charge in [0.2, 0.25) is 0 Å². The summed E-state index contributed by atoms with van der Waals surface area (Å²) >= 11 is 0. The Hall–Kier alpha value is -5.28. The molecule has 3 heteroatoms. The number of hydrogen-bond donors (Lipinski definition) is 0. The first-order valence-corrected chi connectivity index (χ1v) is 13.7. The van der Waals surface area contributed by atoms with Crippen molar-refractivity contribution in [2.45, 2.75) is 0 Å². The van der Waals surface area contributed by atoms with Crippen LogP contribution in [0.3, 0.4) is 0 Å². The summed E-state index contributed by atoms with van der Waals surface area (Å²) in [4.78, 5) is 2.00. The van der Waals surface area contributed by atoms with Crippen LogP contribution in [-0.2, 0) is 0 Å². The number of rotatable bonds is 4. The second kappa shape index (κ2) is 9.14. The zero-order chi connectivity index (χ0) is 27.5. The predicted octanol–water partition coefficient (Wildman–Crippen LogP) is 11.2. The monoisotopic (exact) mass is 531 g/mol. The highest BCUT2D eigenvalue weighted by Gasteiger charge is 2.16. The Bertz CT molecular complexity index is 2100. The van der Waals surface area contributed by atoms with Gasteiger partial charge in [-0.25, -0.2) is 8.78 Å². The minimum atomic E-state index is -0.301. The van der Waals surface area contributed by atoms with Crippen molar-refractivity contribution in [2.75, 3.05) is 4.90 Å². The van der Waals surface area contributed by atoms with Gasteiger partial charge in [-0.05, 0) is 115 Å². The average Bonchev–Trinajstić information content (AvgIpc) is 3.02. The van der Waals surface area contributed by atoms with E-state index in [2.05, 4.69) is 91.0 Å². The van der Waals surface area contributed by atoms with E-state index in [9.17, 15) is 8.78 Å². The highest BCUT2D eigenvalue weighted by molar-refractivity contribution is 6.34. The zero-order valence-electron chi connectivity index (χ0n) is 22.0. The number of benzene rings is 8. The van der Waals surface area contributed by atoms with E-state index >= 15 is 0 Å². The highest BCUT2D eigenvalue weighted by Crippen LogP contribution is 2.43. The van der Waals surface area contributed by atoms with Crippen molar-refractivity contribution >= 4 is 60.2 Å². The molecule has 0 saturated heterocycles. The van der Waals surface area contributed by atoms with Crippen molar-refractivity contribution < 1.29 is 8.78 Å². The molecule has 0 heterocycles. The van der Waals surface area contributed by atoms with Crippen LogP contribution < -0.4 is 4.90 Å². The first kappa shape index (κ1) is 23.6. The fraction of sp³-hybridized carbons (Fsp3) is 0. The van der Waals surface area contributed by atoms with Crippen molar-refractivity contribution in [3.8, 4) is 11.1 Å². The third-order valence-electron chi connectivity index (χ3n) is 8.13. The van der Waals surface area contributed by atoms with Crippen molar-refractivity contribution in [3.63, 3.8) is 0 Å². The molecular weight excluding hydrogens is 508 g/mol. The number of halogens is 2. The smallest absolute Gasteiger partial charge is 0.123 e. The van der Waals surface area contributed by atoms with Gasteiger partial charge in [0.25, 0.3) is 0 Å². The van der Waals surface area contributed by atoms with E-state index in [1.807, 2.05) is 4.90 Å². The maximum absolute atomic E-state index is 13.7. The first-order chi connectivity index (χ1) is 20.2. The van der Waals surface area contributed by atoms with E-state index < -0.39 is 0 Å². The lowest BCUT2D eigenvalue weighted by Gasteiger charge is -2.25. The topological polar surface area (TPSA) is 3.24 Å². The van der Waals surface area contributed by atoms with Gasteiger partial charge in [-0.15, -0.1) is 0 Å². The van der Waals surface area contributed by atoms with Crippen LogP contribution in [0, 0.1) is 11.6 Å². The van der Waals surface area contributed by atoms with Gasteiger partial charge in [0.05, 0.1) is 0 Å². The Labute approximate surface area is 235 Å². The molecule has 8 aromatic rings. The lowest BCUT2D eigenvalue weighted by molar-refractivity contribution is 0.628. The number of fused-ring (bicyclic) bond motifs is 2. The molecule has 0 saturated carbocycles. The summed E-state index contributed by atoms with van der Waals surface area (Å²) in [6.07, 6.45) is 0. The Morgan fingerprint density at radius 3 is 1.37 bits per heavy atom. The van der Waals surface area contributed by atoms with Crippen molar-refractivity contribution in [1.29, 1.82) is 0 Å². The average molecular weight is 532 g/mol. The van der Waals surface area contributed by atoms with E-state index in [0.29, 0.717) is 0 Å². The van der Waals surface area contributed by atoms with Crippen molar-refractivity contribution in [1.82, 2.24) is 0 Å². The van der Waals surface area contributed by atoms with Gasteiger partial charge in [-0.3, -0.25) is 0 Å². The van der Waals surface area contributed by atoms with Crippen molar-refractivity contribution in [3.05, 3.63) is 151 Å². The zero-order valence-corrected chi connectivity index (χ0v) is 22.0. The minimum absolute atomic E-state index is 0.301. The molecule has 0 fully saturated rings. The van der Waals surface area contributed by atoms with Gasteiger partial charge >= 0.3 is 0 Å². The van der Waals surface area contributed by atoms with Crippen LogP contribution in [0.1, 0.15) is 0 Å². The van der Waals surface area contributed by atoms with Crippen LogP contribution in [0.5, 0.6) is 0 Å². The lowest BCUT2D eigenvalue weighted by Crippen LogP contribution is -2.09. The Morgan fingerprint density at radius 2 is 0.805 bits per heavy atom. The van der Waals surface area contributed by atoms with Gasteiger partial charge in [0, 0.05) is 17.1 Å². The third kappa shape index (κ3) is 3.74.